The Hall–Kier alpha value is -3.93. The summed E-state index contributed by atoms with van der Waals surface area (Å²) in [5, 5.41) is 4.82. The number of carbonyl (C=O) groups is 3. The number of anilines is 2. The second kappa shape index (κ2) is 11.9. The van der Waals surface area contributed by atoms with Crippen molar-refractivity contribution in [1.29, 1.82) is 0 Å². The van der Waals surface area contributed by atoms with Crippen LogP contribution in [0.1, 0.15) is 40.0 Å². The first-order valence-corrected chi connectivity index (χ1v) is 14.3. The molecule has 0 bridgehead atoms. The van der Waals surface area contributed by atoms with Gasteiger partial charge in [0.25, 0.3) is 5.91 Å². The molecule has 2 aromatic carbocycles. The van der Waals surface area contributed by atoms with Gasteiger partial charge in [0, 0.05) is 48.9 Å². The van der Waals surface area contributed by atoms with Gasteiger partial charge >= 0.3 is 6.18 Å². The van der Waals surface area contributed by atoms with E-state index in [0.717, 1.165) is 30.5 Å². The monoisotopic (exact) mass is 585 g/mol. The smallest absolute Gasteiger partial charge is 0.368 e. The van der Waals surface area contributed by atoms with Crippen LogP contribution < -0.4 is 10.2 Å². The zero-order valence-corrected chi connectivity index (χ0v) is 23.3. The van der Waals surface area contributed by atoms with Crippen molar-refractivity contribution in [3.05, 3.63) is 76.3 Å². The van der Waals surface area contributed by atoms with Crippen molar-refractivity contribution < 1.29 is 27.6 Å². The van der Waals surface area contributed by atoms with Crippen LogP contribution in [0, 0.1) is 6.92 Å². The molecule has 0 unspecified atom stereocenters. The maximum atomic E-state index is 13.1. The second-order valence-electron chi connectivity index (χ2n) is 10.3. The minimum atomic E-state index is -4.41. The predicted molar refractivity (Wildman–Crippen MR) is 150 cm³/mol. The van der Waals surface area contributed by atoms with E-state index in [9.17, 15) is 27.6 Å². The van der Waals surface area contributed by atoms with Crippen LogP contribution in [-0.2, 0) is 22.2 Å². The average molecular weight is 586 g/mol. The fraction of sp³-hybridized carbons (Fsp3) is 0.379. The highest BCUT2D eigenvalue weighted by atomic mass is 32.1. The van der Waals surface area contributed by atoms with E-state index in [0.29, 0.717) is 48.3 Å². The van der Waals surface area contributed by atoms with E-state index in [1.807, 2.05) is 24.0 Å². The zero-order valence-electron chi connectivity index (χ0n) is 22.5. The number of halogens is 3. The summed E-state index contributed by atoms with van der Waals surface area (Å²) in [6, 6.07) is 12.6. The number of aryl methyl sites for hydroxylation is 1. The van der Waals surface area contributed by atoms with Crippen molar-refractivity contribution in [2.75, 3.05) is 42.9 Å². The lowest BCUT2D eigenvalue weighted by Gasteiger charge is -2.36. The summed E-state index contributed by atoms with van der Waals surface area (Å²) in [5.74, 6) is -0.656. The number of nitrogens with zero attached hydrogens (tertiary/aromatic N) is 4. The van der Waals surface area contributed by atoms with Crippen molar-refractivity contribution >= 4 is 39.9 Å². The Morgan fingerprint density at radius 2 is 1.78 bits per heavy atom. The van der Waals surface area contributed by atoms with Crippen LogP contribution >= 0.6 is 11.3 Å². The first kappa shape index (κ1) is 28.6. The van der Waals surface area contributed by atoms with Crippen LogP contribution in [0.4, 0.5) is 24.0 Å². The third-order valence-electron chi connectivity index (χ3n) is 7.24. The van der Waals surface area contributed by atoms with Gasteiger partial charge in [-0.2, -0.15) is 13.2 Å². The number of carbonyl (C=O) groups excluding carboxylic acids is 3. The summed E-state index contributed by atoms with van der Waals surface area (Å²) in [6.07, 6.45) is -2.63. The highest BCUT2D eigenvalue weighted by Gasteiger charge is 2.35. The Kier molecular flexibility index (Phi) is 8.30. The van der Waals surface area contributed by atoms with Crippen LogP contribution in [0.25, 0.3) is 0 Å². The van der Waals surface area contributed by atoms with Gasteiger partial charge in [0.1, 0.15) is 6.54 Å². The summed E-state index contributed by atoms with van der Waals surface area (Å²) in [6.45, 7) is 3.40. The molecular formula is C29H30F3N5O3S. The van der Waals surface area contributed by atoms with E-state index in [1.165, 1.54) is 17.4 Å². The van der Waals surface area contributed by atoms with Crippen molar-refractivity contribution in [3.8, 4) is 0 Å². The van der Waals surface area contributed by atoms with E-state index in [1.54, 1.807) is 33.4 Å². The molecule has 216 valence electrons. The lowest BCUT2D eigenvalue weighted by Crippen LogP contribution is -2.49. The number of hydrogen-bond acceptors (Lipinski definition) is 6. The fourth-order valence-corrected chi connectivity index (χ4v) is 5.57. The van der Waals surface area contributed by atoms with E-state index in [-0.39, 0.29) is 36.7 Å². The van der Waals surface area contributed by atoms with Gasteiger partial charge in [-0.1, -0.05) is 24.3 Å². The number of aromatic nitrogens is 1. The van der Waals surface area contributed by atoms with Gasteiger partial charge in [0.05, 0.1) is 17.7 Å². The molecule has 41 heavy (non-hydrogen) atoms. The number of amides is 3. The van der Waals surface area contributed by atoms with Gasteiger partial charge in [0.15, 0.2) is 5.13 Å². The topological polar surface area (TPSA) is 85.8 Å². The Morgan fingerprint density at radius 3 is 2.46 bits per heavy atom. The van der Waals surface area contributed by atoms with Gasteiger partial charge in [-0.05, 0) is 49.6 Å². The van der Waals surface area contributed by atoms with Crippen molar-refractivity contribution in [1.82, 2.24) is 14.8 Å². The molecule has 1 saturated heterocycles. The molecule has 1 aliphatic carbocycles. The molecule has 1 aromatic heterocycles. The molecule has 0 atom stereocenters. The maximum Gasteiger partial charge on any atom is 0.416 e. The predicted octanol–water partition coefficient (Wildman–Crippen LogP) is 4.60. The van der Waals surface area contributed by atoms with Crippen LogP contribution in [0.5, 0.6) is 0 Å². The van der Waals surface area contributed by atoms with E-state index >= 15 is 0 Å². The van der Waals surface area contributed by atoms with Crippen molar-refractivity contribution in [2.24, 2.45) is 0 Å². The number of benzene rings is 2. The van der Waals surface area contributed by atoms with Crippen LogP contribution in [0.3, 0.4) is 0 Å². The highest BCUT2D eigenvalue weighted by molar-refractivity contribution is 7.13. The third-order valence-corrected chi connectivity index (χ3v) is 8.05. The number of alkyl halides is 3. The quantitative estimate of drug-likeness (QED) is 0.418. The highest BCUT2D eigenvalue weighted by Crippen LogP contribution is 2.32. The molecule has 1 saturated carbocycles. The first-order chi connectivity index (χ1) is 19.6. The van der Waals surface area contributed by atoms with Crippen molar-refractivity contribution in [3.63, 3.8) is 0 Å². The number of hydrogen-bond donors (Lipinski definition) is 1. The Bertz CT molecular complexity index is 1430. The molecule has 1 N–H and O–H groups in total. The number of nitrogens with one attached hydrogen (secondary N) is 1. The molecule has 2 fully saturated rings. The molecule has 0 radical (unpaired) electrons. The summed E-state index contributed by atoms with van der Waals surface area (Å²) >= 11 is 1.21. The van der Waals surface area contributed by atoms with Gasteiger partial charge in [0.2, 0.25) is 11.8 Å². The summed E-state index contributed by atoms with van der Waals surface area (Å²) in [5.41, 5.74) is 1.74. The van der Waals surface area contributed by atoms with Crippen LogP contribution in [0.2, 0.25) is 0 Å². The van der Waals surface area contributed by atoms with Gasteiger partial charge in [-0.15, -0.1) is 11.3 Å². The van der Waals surface area contributed by atoms with Crippen LogP contribution in [-0.4, -0.2) is 71.3 Å². The number of rotatable bonds is 8. The standard InChI is InChI=1S/C29H30F3N5O3S/c1-19-5-2-3-8-24(19)27(40)37(22-9-10-22)17-25(38)34-28-33-21(18-41-28)16-26(39)36-13-11-35(12-14-36)23-7-4-6-20(15-23)29(30,31)32/h2-8,15,18,22H,9-14,16-17H2,1H3,(H,33,34,38). The maximum absolute atomic E-state index is 13.1. The van der Waals surface area contributed by atoms with E-state index in [4.69, 9.17) is 0 Å². The average Bonchev–Trinajstić information content (AvgIpc) is 3.71. The molecule has 1 aliphatic heterocycles. The van der Waals surface area contributed by atoms with E-state index < -0.39 is 11.7 Å². The molecule has 12 heteroatoms. The van der Waals surface area contributed by atoms with Gasteiger partial charge < -0.3 is 20.0 Å². The molecule has 8 nitrogen and oxygen atoms in total. The SMILES string of the molecule is Cc1ccccc1C(=O)N(CC(=O)Nc1nc(CC(=O)N2CCN(c3cccc(C(F)(F)F)c3)CC2)cs1)C1CC1. The minimum Gasteiger partial charge on any atom is -0.368 e. The fourth-order valence-electron chi connectivity index (χ4n) is 4.84. The van der Waals surface area contributed by atoms with E-state index in [2.05, 4.69) is 10.3 Å². The molecule has 3 amide bonds. The number of thiazole rings is 1. The van der Waals surface area contributed by atoms with Crippen LogP contribution in [0.15, 0.2) is 53.9 Å². The zero-order chi connectivity index (χ0) is 29.1. The normalized spacial score (nSPS) is 15.5. The largest absolute Gasteiger partial charge is 0.416 e. The Morgan fingerprint density at radius 1 is 1.05 bits per heavy atom. The summed E-state index contributed by atoms with van der Waals surface area (Å²) < 4.78 is 39.2. The Labute approximate surface area is 239 Å². The lowest BCUT2D eigenvalue weighted by atomic mass is 10.1. The molecular weight excluding hydrogens is 555 g/mol. The van der Waals surface area contributed by atoms with Gasteiger partial charge in [-0.3, -0.25) is 14.4 Å². The second-order valence-corrected chi connectivity index (χ2v) is 11.1. The molecule has 2 aliphatic rings. The number of piperazine rings is 1. The molecule has 5 rings (SSSR count). The summed E-state index contributed by atoms with van der Waals surface area (Å²) in [7, 11) is 0. The van der Waals surface area contributed by atoms with Gasteiger partial charge in [-0.25, -0.2) is 4.98 Å². The minimum absolute atomic E-state index is 0.0476. The summed E-state index contributed by atoms with van der Waals surface area (Å²) in [4.78, 5) is 48.3. The molecule has 0 spiro atoms. The molecule has 3 aromatic rings. The molecule has 2 heterocycles. The Balaban J connectivity index is 1.12. The lowest BCUT2D eigenvalue weighted by molar-refractivity contribution is -0.137. The van der Waals surface area contributed by atoms with Crippen molar-refractivity contribution in [2.45, 2.75) is 38.4 Å². The third kappa shape index (κ3) is 7.05. The first-order valence-electron chi connectivity index (χ1n) is 13.4.